The van der Waals surface area contributed by atoms with Crippen LogP contribution in [0.25, 0.3) is 0 Å². The molecule has 1 aromatic carbocycles. The predicted octanol–water partition coefficient (Wildman–Crippen LogP) is 2.21. The molecule has 0 aliphatic carbocycles. The lowest BCUT2D eigenvalue weighted by molar-refractivity contribution is 0.167. The molecule has 0 bridgehead atoms. The largest absolute Gasteiger partial charge is 0.497 e. The number of benzene rings is 1. The summed E-state index contributed by atoms with van der Waals surface area (Å²) < 4.78 is 28.7. The van der Waals surface area contributed by atoms with E-state index in [2.05, 4.69) is 27.7 Å². The van der Waals surface area contributed by atoms with Crippen LogP contribution >= 0.6 is 0 Å². The van der Waals surface area contributed by atoms with E-state index in [4.69, 9.17) is 9.73 Å². The maximum atomic E-state index is 11.7. The molecule has 2 fully saturated rings. The summed E-state index contributed by atoms with van der Waals surface area (Å²) in [7, 11) is -1.17. The number of guanidine groups is 1. The fourth-order valence-corrected chi connectivity index (χ4v) is 6.14. The van der Waals surface area contributed by atoms with E-state index >= 15 is 0 Å². The molecular weight excluding hydrogens is 400 g/mol. The zero-order chi connectivity index (χ0) is 21.4. The monoisotopic (exact) mass is 436 g/mol. The van der Waals surface area contributed by atoms with Crippen molar-refractivity contribution in [2.75, 3.05) is 51.3 Å². The minimum atomic E-state index is -2.85. The summed E-state index contributed by atoms with van der Waals surface area (Å²) in [4.78, 5) is 7.41. The van der Waals surface area contributed by atoms with Gasteiger partial charge in [0.1, 0.15) is 5.75 Å². The first-order chi connectivity index (χ1) is 14.5. The Morgan fingerprint density at radius 2 is 1.93 bits per heavy atom. The first kappa shape index (κ1) is 22.9. The molecule has 2 aliphatic heterocycles. The Morgan fingerprint density at radius 1 is 1.20 bits per heavy atom. The zero-order valence-corrected chi connectivity index (χ0v) is 19.1. The SMILES string of the molecule is CCNC(=NCC(c1ccc(OC)cc1)N1CCCCC1)NCC1CCS(=O)(=O)C1. The van der Waals surface area contributed by atoms with Gasteiger partial charge in [-0.25, -0.2) is 8.42 Å². The average molecular weight is 437 g/mol. The number of sulfone groups is 1. The maximum Gasteiger partial charge on any atom is 0.191 e. The summed E-state index contributed by atoms with van der Waals surface area (Å²) >= 11 is 0. The van der Waals surface area contributed by atoms with Crippen LogP contribution in [-0.4, -0.2) is 70.6 Å². The van der Waals surface area contributed by atoms with Gasteiger partial charge in [0.25, 0.3) is 0 Å². The molecule has 0 amide bonds. The summed E-state index contributed by atoms with van der Waals surface area (Å²) in [5.41, 5.74) is 1.25. The molecule has 2 saturated heterocycles. The number of ether oxygens (including phenoxy) is 1. The Kier molecular flexibility index (Phi) is 8.39. The van der Waals surface area contributed by atoms with Gasteiger partial charge >= 0.3 is 0 Å². The summed E-state index contributed by atoms with van der Waals surface area (Å²) in [6.45, 7) is 6.30. The molecule has 0 saturated carbocycles. The predicted molar refractivity (Wildman–Crippen MR) is 122 cm³/mol. The molecule has 1 aromatic rings. The minimum absolute atomic E-state index is 0.165. The van der Waals surface area contributed by atoms with Crippen LogP contribution in [0.4, 0.5) is 0 Å². The van der Waals surface area contributed by atoms with Crippen molar-refractivity contribution >= 4 is 15.8 Å². The van der Waals surface area contributed by atoms with E-state index in [1.165, 1.54) is 24.8 Å². The molecule has 0 radical (unpaired) electrons. The van der Waals surface area contributed by atoms with E-state index in [1.807, 2.05) is 19.1 Å². The minimum Gasteiger partial charge on any atom is -0.497 e. The first-order valence-electron chi connectivity index (χ1n) is 11.1. The van der Waals surface area contributed by atoms with Crippen molar-refractivity contribution in [2.24, 2.45) is 10.9 Å². The van der Waals surface area contributed by atoms with Crippen LogP contribution in [0.1, 0.15) is 44.2 Å². The van der Waals surface area contributed by atoms with Gasteiger partial charge in [-0.1, -0.05) is 18.6 Å². The molecule has 30 heavy (non-hydrogen) atoms. The van der Waals surface area contributed by atoms with Gasteiger partial charge in [0.05, 0.1) is 31.2 Å². The quantitative estimate of drug-likeness (QED) is 0.480. The van der Waals surface area contributed by atoms with Crippen LogP contribution in [0.5, 0.6) is 5.75 Å². The summed E-state index contributed by atoms with van der Waals surface area (Å²) in [5.74, 6) is 2.38. The van der Waals surface area contributed by atoms with E-state index in [1.54, 1.807) is 7.11 Å². The Labute approximate surface area is 181 Å². The van der Waals surface area contributed by atoms with Crippen molar-refractivity contribution in [3.8, 4) is 5.75 Å². The van der Waals surface area contributed by atoms with Crippen molar-refractivity contribution in [3.05, 3.63) is 29.8 Å². The number of rotatable bonds is 8. The lowest BCUT2D eigenvalue weighted by Gasteiger charge is -2.34. The molecule has 2 aliphatic rings. The first-order valence-corrected chi connectivity index (χ1v) is 12.9. The van der Waals surface area contributed by atoms with Crippen molar-refractivity contribution in [1.29, 1.82) is 0 Å². The summed E-state index contributed by atoms with van der Waals surface area (Å²) in [5, 5.41) is 6.67. The molecule has 0 aromatic heterocycles. The molecule has 2 unspecified atom stereocenters. The lowest BCUT2D eigenvalue weighted by atomic mass is 10.0. The zero-order valence-electron chi connectivity index (χ0n) is 18.3. The van der Waals surface area contributed by atoms with Crippen LogP contribution in [-0.2, 0) is 9.84 Å². The van der Waals surface area contributed by atoms with Crippen molar-refractivity contribution in [2.45, 2.75) is 38.6 Å². The second-order valence-electron chi connectivity index (χ2n) is 8.26. The molecule has 2 heterocycles. The number of hydrogen-bond acceptors (Lipinski definition) is 5. The van der Waals surface area contributed by atoms with Crippen LogP contribution in [0, 0.1) is 5.92 Å². The average Bonchev–Trinajstić information content (AvgIpc) is 3.12. The number of nitrogens with zero attached hydrogens (tertiary/aromatic N) is 2. The van der Waals surface area contributed by atoms with Crippen LogP contribution < -0.4 is 15.4 Å². The number of piperidine rings is 1. The number of hydrogen-bond donors (Lipinski definition) is 2. The van der Waals surface area contributed by atoms with Crippen LogP contribution in [0.3, 0.4) is 0 Å². The fourth-order valence-electron chi connectivity index (χ4n) is 4.28. The Bertz CT molecular complexity index is 789. The Morgan fingerprint density at radius 3 is 2.53 bits per heavy atom. The molecule has 2 N–H and O–H groups in total. The normalized spacial score (nSPS) is 23.1. The van der Waals surface area contributed by atoms with Gasteiger partial charge in [-0.2, -0.15) is 0 Å². The molecule has 3 rings (SSSR count). The van der Waals surface area contributed by atoms with Crippen LogP contribution in [0.2, 0.25) is 0 Å². The highest BCUT2D eigenvalue weighted by atomic mass is 32.2. The molecule has 2 atom stereocenters. The van der Waals surface area contributed by atoms with Gasteiger partial charge in [0, 0.05) is 13.1 Å². The number of nitrogens with one attached hydrogen (secondary N) is 2. The Balaban J connectivity index is 1.68. The summed E-state index contributed by atoms with van der Waals surface area (Å²) in [6.07, 6.45) is 4.48. The van der Waals surface area contributed by atoms with Gasteiger partial charge in [-0.15, -0.1) is 0 Å². The van der Waals surface area contributed by atoms with Gasteiger partial charge in [0.15, 0.2) is 15.8 Å². The maximum absolute atomic E-state index is 11.7. The van der Waals surface area contributed by atoms with Gasteiger partial charge in [-0.3, -0.25) is 9.89 Å². The van der Waals surface area contributed by atoms with Gasteiger partial charge < -0.3 is 15.4 Å². The van der Waals surface area contributed by atoms with Gasteiger partial charge in [-0.05, 0) is 62.9 Å². The highest BCUT2D eigenvalue weighted by Gasteiger charge is 2.28. The third-order valence-corrected chi connectivity index (χ3v) is 7.82. The van der Waals surface area contributed by atoms with E-state index < -0.39 is 9.84 Å². The van der Waals surface area contributed by atoms with E-state index in [0.29, 0.717) is 18.8 Å². The lowest BCUT2D eigenvalue weighted by Crippen LogP contribution is -2.41. The molecule has 7 nitrogen and oxygen atoms in total. The number of methoxy groups -OCH3 is 1. The van der Waals surface area contributed by atoms with Crippen molar-refractivity contribution in [3.63, 3.8) is 0 Å². The third kappa shape index (κ3) is 6.60. The Hall–Kier alpha value is -1.80. The van der Waals surface area contributed by atoms with E-state index in [0.717, 1.165) is 37.8 Å². The smallest absolute Gasteiger partial charge is 0.191 e. The highest BCUT2D eigenvalue weighted by Crippen LogP contribution is 2.26. The van der Waals surface area contributed by atoms with Crippen molar-refractivity contribution < 1.29 is 13.2 Å². The van der Waals surface area contributed by atoms with Gasteiger partial charge in [0.2, 0.25) is 0 Å². The molecular formula is C22H36N4O3S. The third-order valence-electron chi connectivity index (χ3n) is 5.98. The number of aliphatic imine (C=N–C) groups is 1. The van der Waals surface area contributed by atoms with E-state index in [-0.39, 0.29) is 17.7 Å². The fraction of sp³-hybridized carbons (Fsp3) is 0.682. The van der Waals surface area contributed by atoms with Crippen LogP contribution in [0.15, 0.2) is 29.3 Å². The molecule has 0 spiro atoms. The topological polar surface area (TPSA) is 83.0 Å². The second kappa shape index (κ2) is 11.0. The second-order valence-corrected chi connectivity index (χ2v) is 10.5. The molecule has 168 valence electrons. The summed E-state index contributed by atoms with van der Waals surface area (Å²) in [6, 6.07) is 8.52. The van der Waals surface area contributed by atoms with Crippen molar-refractivity contribution in [1.82, 2.24) is 15.5 Å². The van der Waals surface area contributed by atoms with E-state index in [9.17, 15) is 8.42 Å². The highest BCUT2D eigenvalue weighted by molar-refractivity contribution is 7.91. The number of likely N-dealkylation sites (tertiary alicyclic amines) is 1. The molecule has 8 heteroatoms. The standard InChI is InChI=1S/C22H36N4O3S/c1-3-23-22(24-15-18-11-14-30(27,28)17-18)25-16-21(26-12-5-4-6-13-26)19-7-9-20(29-2)10-8-19/h7-10,18,21H,3-6,11-17H2,1-2H3,(H2,23,24,25).